The molecular formula is C63H101N11O25. The van der Waals surface area contributed by atoms with E-state index in [9.17, 15) is 88.8 Å². The first-order valence-electron chi connectivity index (χ1n) is 32.0. The number of likely N-dealkylation sites (N-methyl/N-ethyl adjacent to an activating group) is 5. The van der Waals surface area contributed by atoms with Crippen LogP contribution in [-0.2, 0) is 57.2 Å². The van der Waals surface area contributed by atoms with Crippen molar-refractivity contribution in [3.63, 3.8) is 0 Å². The van der Waals surface area contributed by atoms with Crippen molar-refractivity contribution in [2.75, 3.05) is 167 Å². The molecule has 99 heavy (non-hydrogen) atoms. The van der Waals surface area contributed by atoms with E-state index in [0.717, 1.165) is 46.8 Å². The van der Waals surface area contributed by atoms with E-state index in [0.29, 0.717) is 0 Å². The van der Waals surface area contributed by atoms with Crippen LogP contribution in [0.15, 0.2) is 48.5 Å². The molecule has 0 saturated carbocycles. The van der Waals surface area contributed by atoms with Crippen molar-refractivity contribution in [1.82, 2.24) is 56.0 Å². The summed E-state index contributed by atoms with van der Waals surface area (Å²) in [6.45, 7) is -1.42. The fourth-order valence-corrected chi connectivity index (χ4v) is 9.67. The van der Waals surface area contributed by atoms with Gasteiger partial charge in [0, 0.05) is 80.4 Å². The first-order valence-corrected chi connectivity index (χ1v) is 32.0. The number of hydrogen-bond acceptors (Lipinski definition) is 26. The standard InChI is InChI=1S/C63H101N11O25/c1-63(2,3)99-62(94)65-19-13-18-44(68-50(82)32-70(5)52(84)33-71(6)51(83)28-67-61(93)98-38-43-41-16-11-9-14-39(41)40-15-10-12-17-42(40)43)59(91)73(8)35-54(86)72(7)34-53(85)69(4)31-49(81)64-21-23-95-24-25-96-26-27-97-60(92)66-20-22-74(29-45(77)55(87)57(89)47(79)36-75)30-46(78)56(88)58(90)48(80)37-76/h9-12,14-17,43-48,55-58,75-80,87-90H,13,18-38H2,1-8H3,(H,64,81)(H,65,94)(H,66,92)(H,67,93)(H,68,82)/t44?,45-,46?,47+,48+,55?,56+,57+,58+/m0/s1. The fourth-order valence-electron chi connectivity index (χ4n) is 9.67. The average molecular weight is 1410 g/mol. The van der Waals surface area contributed by atoms with Gasteiger partial charge in [0.2, 0.25) is 41.4 Å². The summed E-state index contributed by atoms with van der Waals surface area (Å²) in [6, 6.07) is 14.3. The molecule has 0 bridgehead atoms. The number of fused-ring (bicyclic) bond motifs is 3. The summed E-state index contributed by atoms with van der Waals surface area (Å²) in [5.74, 6) is -4.89. The minimum atomic E-state index is -2.00. The summed E-state index contributed by atoms with van der Waals surface area (Å²) in [4.78, 5) is 136. The van der Waals surface area contributed by atoms with Gasteiger partial charge in [0.25, 0.3) is 0 Å². The van der Waals surface area contributed by atoms with E-state index in [4.69, 9.17) is 33.9 Å². The lowest BCUT2D eigenvalue weighted by Gasteiger charge is -2.33. The van der Waals surface area contributed by atoms with Gasteiger partial charge in [-0.15, -0.1) is 0 Å². The minimum Gasteiger partial charge on any atom is -0.449 e. The fraction of sp³-hybridized carbons (Fsp3) is 0.651. The van der Waals surface area contributed by atoms with Gasteiger partial charge in [-0.3, -0.25) is 38.5 Å². The van der Waals surface area contributed by atoms with Gasteiger partial charge in [0.05, 0.1) is 84.6 Å². The van der Waals surface area contributed by atoms with Crippen LogP contribution >= 0.6 is 0 Å². The van der Waals surface area contributed by atoms with Crippen LogP contribution in [0.5, 0.6) is 0 Å². The monoisotopic (exact) mass is 1410 g/mol. The quantitative estimate of drug-likeness (QED) is 0.0217. The highest BCUT2D eigenvalue weighted by Crippen LogP contribution is 2.44. The largest absolute Gasteiger partial charge is 0.449 e. The minimum absolute atomic E-state index is 0.0209. The Morgan fingerprint density at radius 3 is 1.45 bits per heavy atom. The highest BCUT2D eigenvalue weighted by molar-refractivity contribution is 5.94. The van der Waals surface area contributed by atoms with Gasteiger partial charge in [0.1, 0.15) is 68.0 Å². The SMILES string of the molecule is CN(CC(=O)NCCOCCOCCOC(=O)NCCN(CC(O)[C@@H](O)[C@H](O)[C@H](O)CO)C[C@H](O)C(O)[C@H](O)[C@H](O)CO)C(=O)CN(C)C(=O)CN(C)C(=O)C(CCCNC(=O)OC(C)(C)C)NC(=O)CN(C)C(=O)CN(C)C(=O)CNC(=O)OCC1c2ccccc2-c2ccccc21. The molecule has 3 unspecified atom stereocenters. The molecule has 3 rings (SSSR count). The molecule has 558 valence electrons. The van der Waals surface area contributed by atoms with Crippen LogP contribution in [0.2, 0.25) is 0 Å². The zero-order valence-electron chi connectivity index (χ0n) is 57.2. The van der Waals surface area contributed by atoms with Crippen LogP contribution in [-0.4, -0.2) is 367 Å². The molecule has 2 aromatic rings. The maximum atomic E-state index is 13.9. The lowest BCUT2D eigenvalue weighted by molar-refractivity contribution is -0.144. The number of amides is 10. The number of rotatable bonds is 44. The van der Waals surface area contributed by atoms with Crippen LogP contribution in [0.1, 0.15) is 50.7 Å². The van der Waals surface area contributed by atoms with Crippen molar-refractivity contribution < 1.29 is 123 Å². The predicted molar refractivity (Wildman–Crippen MR) is 349 cm³/mol. The van der Waals surface area contributed by atoms with Crippen LogP contribution in [0, 0.1) is 0 Å². The Kier molecular flexibility index (Phi) is 37.5. The number of ether oxygens (including phenoxy) is 5. The number of carbonyl (C=O) groups excluding carboxylic acids is 10. The molecule has 36 nitrogen and oxygen atoms in total. The molecule has 0 aliphatic heterocycles. The van der Waals surface area contributed by atoms with E-state index in [1.807, 2.05) is 48.5 Å². The first-order chi connectivity index (χ1) is 46.7. The Balaban J connectivity index is 1.38. The van der Waals surface area contributed by atoms with Gasteiger partial charge in [-0.25, -0.2) is 14.4 Å². The molecule has 0 fully saturated rings. The average Bonchev–Trinajstić information content (AvgIpc) is 1.62. The second-order valence-electron chi connectivity index (χ2n) is 24.6. The van der Waals surface area contributed by atoms with Gasteiger partial charge in [-0.1, -0.05) is 48.5 Å². The van der Waals surface area contributed by atoms with E-state index >= 15 is 0 Å². The zero-order valence-corrected chi connectivity index (χ0v) is 57.2. The summed E-state index contributed by atoms with van der Waals surface area (Å²) in [7, 11) is 6.58. The zero-order chi connectivity index (χ0) is 74.1. The lowest BCUT2D eigenvalue weighted by Crippen LogP contribution is -2.54. The third-order valence-electron chi connectivity index (χ3n) is 15.3. The smallest absolute Gasteiger partial charge is 0.407 e. The molecule has 0 heterocycles. The van der Waals surface area contributed by atoms with Crippen LogP contribution < -0.4 is 26.6 Å². The van der Waals surface area contributed by atoms with Crippen LogP contribution in [0.3, 0.4) is 0 Å². The van der Waals surface area contributed by atoms with E-state index in [1.165, 1.54) is 40.1 Å². The van der Waals surface area contributed by atoms with E-state index in [2.05, 4.69) is 26.6 Å². The molecule has 0 spiro atoms. The van der Waals surface area contributed by atoms with Gasteiger partial charge < -0.3 is 126 Å². The maximum absolute atomic E-state index is 13.9. The van der Waals surface area contributed by atoms with E-state index in [-0.39, 0.29) is 84.6 Å². The number of carbonyl (C=O) groups is 10. The second-order valence-corrected chi connectivity index (χ2v) is 24.6. The molecule has 10 amide bonds. The van der Waals surface area contributed by atoms with Crippen molar-refractivity contribution in [2.45, 2.75) is 100 Å². The lowest BCUT2D eigenvalue weighted by atomic mass is 9.98. The molecule has 15 N–H and O–H groups in total. The number of alkyl carbamates (subject to hydrolysis) is 3. The summed E-state index contributed by atoms with van der Waals surface area (Å²) in [5, 5.41) is 112. The first kappa shape index (κ1) is 85.2. The summed E-state index contributed by atoms with van der Waals surface area (Å²) >= 11 is 0. The Hall–Kier alpha value is -7.98. The maximum Gasteiger partial charge on any atom is 0.407 e. The Bertz CT molecular complexity index is 2840. The van der Waals surface area contributed by atoms with Crippen molar-refractivity contribution in [2.24, 2.45) is 0 Å². The van der Waals surface area contributed by atoms with Gasteiger partial charge >= 0.3 is 18.3 Å². The van der Waals surface area contributed by atoms with Gasteiger partial charge in [-0.05, 0) is 55.9 Å². The molecule has 0 aromatic heterocycles. The Labute approximate surface area is 574 Å². The number of hydrogen-bond donors (Lipinski definition) is 15. The molecule has 1 aliphatic carbocycles. The predicted octanol–water partition coefficient (Wildman–Crippen LogP) is -6.34. The number of benzene rings is 2. The topological polar surface area (TPSA) is 499 Å². The highest BCUT2D eigenvalue weighted by atomic mass is 16.6. The summed E-state index contributed by atoms with van der Waals surface area (Å²) < 4.78 is 26.6. The molecule has 0 radical (unpaired) electrons. The molecule has 36 heteroatoms. The van der Waals surface area contributed by atoms with E-state index < -0.39 is 186 Å². The summed E-state index contributed by atoms with van der Waals surface area (Å²) in [5.41, 5.74) is 3.31. The Morgan fingerprint density at radius 1 is 0.485 bits per heavy atom. The van der Waals surface area contributed by atoms with Gasteiger partial charge in [-0.2, -0.15) is 0 Å². The molecule has 1 aliphatic rings. The number of nitrogens with zero attached hydrogens (tertiary/aromatic N) is 6. The van der Waals surface area contributed by atoms with Crippen molar-refractivity contribution in [1.29, 1.82) is 0 Å². The van der Waals surface area contributed by atoms with Crippen LogP contribution in [0.25, 0.3) is 11.1 Å². The third-order valence-corrected chi connectivity index (χ3v) is 15.3. The Morgan fingerprint density at radius 2 is 0.929 bits per heavy atom. The van der Waals surface area contributed by atoms with Gasteiger partial charge in [0.15, 0.2) is 0 Å². The third kappa shape index (κ3) is 30.6. The van der Waals surface area contributed by atoms with E-state index in [1.54, 1.807) is 20.8 Å². The highest BCUT2D eigenvalue weighted by Gasteiger charge is 2.36. The van der Waals surface area contributed by atoms with Crippen molar-refractivity contribution in [3.8, 4) is 11.1 Å². The molecular weight excluding hydrogens is 1310 g/mol. The van der Waals surface area contributed by atoms with Crippen LogP contribution in [0.4, 0.5) is 14.4 Å². The van der Waals surface area contributed by atoms with Crippen molar-refractivity contribution >= 4 is 59.6 Å². The molecule has 0 saturated heterocycles. The number of aliphatic hydroxyl groups is 10. The second kappa shape index (κ2) is 43.5. The molecule has 9 atom stereocenters. The normalized spacial score (nSPS) is 14.6. The van der Waals surface area contributed by atoms with Crippen molar-refractivity contribution in [3.05, 3.63) is 59.7 Å². The molecule has 2 aromatic carbocycles. The summed E-state index contributed by atoms with van der Waals surface area (Å²) in [6.07, 6.45) is -17.6. The number of nitrogens with one attached hydrogen (secondary N) is 5. The number of aliphatic hydroxyl groups excluding tert-OH is 10.